The number of aliphatic hydroxyl groups excluding tert-OH is 1. The van der Waals surface area contributed by atoms with Crippen molar-refractivity contribution in [2.24, 2.45) is 0 Å². The summed E-state index contributed by atoms with van der Waals surface area (Å²) in [7, 11) is 0. The first kappa shape index (κ1) is 10.2. The third-order valence-electron chi connectivity index (χ3n) is 1.47. The molecule has 2 N–H and O–H groups in total. The second kappa shape index (κ2) is 3.53. The molecule has 0 unspecified atom stereocenters. The molecule has 0 amide bonds. The van der Waals surface area contributed by atoms with Crippen molar-refractivity contribution in [3.63, 3.8) is 0 Å². The third kappa shape index (κ3) is 3.18. The summed E-state index contributed by atoms with van der Waals surface area (Å²) in [5.74, 6) is -0.454. The smallest absolute Gasteiger partial charge is 0.164 e. The van der Waals surface area contributed by atoms with Gasteiger partial charge in [-0.1, -0.05) is 13.5 Å². The van der Waals surface area contributed by atoms with Crippen LogP contribution in [-0.4, -0.2) is 21.6 Å². The maximum atomic E-state index is 11.0. The predicted molar refractivity (Wildman–Crippen MR) is 42.3 cm³/mol. The second-order valence-corrected chi connectivity index (χ2v) is 2.79. The molecule has 3 heteroatoms. The molecule has 0 rings (SSSR count). The number of ketones is 1. The topological polar surface area (TPSA) is 57.5 Å². The Hall–Kier alpha value is -0.830. The van der Waals surface area contributed by atoms with E-state index in [9.17, 15) is 9.90 Å². The number of hydrogen-bond acceptors (Lipinski definition) is 3. The lowest BCUT2D eigenvalue weighted by atomic mass is 9.94. The summed E-state index contributed by atoms with van der Waals surface area (Å²) in [6.45, 7) is 6.24. The van der Waals surface area contributed by atoms with Gasteiger partial charge in [0, 0.05) is 12.8 Å². The molecule has 0 heterocycles. The molecule has 1 atom stereocenters. The van der Waals surface area contributed by atoms with Gasteiger partial charge in [0.25, 0.3) is 0 Å². The molecule has 0 aromatic heterocycles. The van der Waals surface area contributed by atoms with Crippen LogP contribution in [0.25, 0.3) is 0 Å². The largest absolute Gasteiger partial charge is 0.513 e. The molecular formula is C8H14O3. The number of carbonyl (C=O) groups excluding carboxylic acids is 1. The Labute approximate surface area is 66.4 Å². The molecule has 0 spiro atoms. The fraction of sp³-hybridized carbons (Fsp3) is 0.625. The summed E-state index contributed by atoms with van der Waals surface area (Å²) in [6, 6.07) is 0. The van der Waals surface area contributed by atoms with Crippen LogP contribution < -0.4 is 0 Å². The fourth-order valence-corrected chi connectivity index (χ4v) is 0.877. The van der Waals surface area contributed by atoms with Gasteiger partial charge in [0.15, 0.2) is 5.78 Å². The predicted octanol–water partition coefficient (Wildman–Crippen LogP) is 1.18. The quantitative estimate of drug-likeness (QED) is 0.604. The molecule has 0 bridgehead atoms. The second-order valence-electron chi connectivity index (χ2n) is 2.79. The third-order valence-corrected chi connectivity index (χ3v) is 1.47. The summed E-state index contributed by atoms with van der Waals surface area (Å²) in [5.41, 5.74) is -1.46. The summed E-state index contributed by atoms with van der Waals surface area (Å²) < 4.78 is 0. The first-order valence-electron chi connectivity index (χ1n) is 3.52. The van der Waals surface area contributed by atoms with Crippen LogP contribution in [0, 0.1) is 0 Å². The Morgan fingerprint density at radius 1 is 1.64 bits per heavy atom. The zero-order valence-electron chi connectivity index (χ0n) is 6.92. The van der Waals surface area contributed by atoms with Gasteiger partial charge in [-0.05, 0) is 6.92 Å². The zero-order chi connectivity index (χ0) is 9.07. The van der Waals surface area contributed by atoms with Crippen LogP contribution in [0.2, 0.25) is 0 Å². The molecular weight excluding hydrogens is 144 g/mol. The van der Waals surface area contributed by atoms with Crippen molar-refractivity contribution in [1.82, 2.24) is 0 Å². The molecule has 0 radical (unpaired) electrons. The lowest BCUT2D eigenvalue weighted by Crippen LogP contribution is -2.34. The number of carbonyl (C=O) groups is 1. The minimum Gasteiger partial charge on any atom is -0.513 e. The van der Waals surface area contributed by atoms with E-state index in [0.29, 0.717) is 0 Å². The summed E-state index contributed by atoms with van der Waals surface area (Å²) in [6.07, 6.45) is 0.181. The molecule has 11 heavy (non-hydrogen) atoms. The van der Waals surface area contributed by atoms with Crippen molar-refractivity contribution in [2.75, 3.05) is 0 Å². The fourth-order valence-electron chi connectivity index (χ4n) is 0.877. The van der Waals surface area contributed by atoms with Crippen LogP contribution in [0.15, 0.2) is 12.3 Å². The van der Waals surface area contributed by atoms with Crippen molar-refractivity contribution in [3.05, 3.63) is 12.3 Å². The van der Waals surface area contributed by atoms with E-state index in [4.69, 9.17) is 5.11 Å². The highest BCUT2D eigenvalue weighted by Crippen LogP contribution is 2.15. The highest BCUT2D eigenvalue weighted by atomic mass is 16.3. The van der Waals surface area contributed by atoms with Crippen LogP contribution in [0.1, 0.15) is 26.7 Å². The number of Topliss-reactive ketones (excluding diaryl/α,β-unsaturated/α-hetero) is 1. The summed E-state index contributed by atoms with van der Waals surface area (Å²) >= 11 is 0. The lowest BCUT2D eigenvalue weighted by Gasteiger charge is -2.19. The molecule has 0 aliphatic rings. The zero-order valence-corrected chi connectivity index (χ0v) is 6.92. The van der Waals surface area contributed by atoms with Crippen LogP contribution in [-0.2, 0) is 4.79 Å². The first-order chi connectivity index (χ1) is 4.90. The standard InChI is InChI=1S/C8H14O3/c1-4-7(10)8(3,11)5-6(2)9/h9,11H,2,4-5H2,1,3H3/t8-/m1/s1. The highest BCUT2D eigenvalue weighted by Gasteiger charge is 2.28. The first-order valence-corrected chi connectivity index (χ1v) is 3.52. The molecule has 0 fully saturated rings. The van der Waals surface area contributed by atoms with E-state index in [-0.39, 0.29) is 24.4 Å². The van der Waals surface area contributed by atoms with Crippen molar-refractivity contribution < 1.29 is 15.0 Å². The van der Waals surface area contributed by atoms with Gasteiger partial charge < -0.3 is 10.2 Å². The Morgan fingerprint density at radius 2 is 2.09 bits per heavy atom. The maximum Gasteiger partial charge on any atom is 0.164 e. The SMILES string of the molecule is C=C(O)C[C@@](C)(O)C(=O)CC. The van der Waals surface area contributed by atoms with Gasteiger partial charge in [0.2, 0.25) is 0 Å². The lowest BCUT2D eigenvalue weighted by molar-refractivity contribution is -0.135. The number of rotatable bonds is 4. The van der Waals surface area contributed by atoms with E-state index in [1.165, 1.54) is 6.92 Å². The minimum atomic E-state index is -1.46. The van der Waals surface area contributed by atoms with E-state index in [1.807, 2.05) is 0 Å². The maximum absolute atomic E-state index is 11.0. The van der Waals surface area contributed by atoms with Crippen molar-refractivity contribution in [1.29, 1.82) is 0 Å². The van der Waals surface area contributed by atoms with E-state index < -0.39 is 5.60 Å². The van der Waals surface area contributed by atoms with Gasteiger partial charge in [-0.3, -0.25) is 4.79 Å². The normalized spacial score (nSPS) is 15.5. The highest BCUT2D eigenvalue weighted by molar-refractivity contribution is 5.86. The Bertz CT molecular complexity index is 170. The Morgan fingerprint density at radius 3 is 2.36 bits per heavy atom. The monoisotopic (exact) mass is 158 g/mol. The summed E-state index contributed by atoms with van der Waals surface area (Å²) in [5, 5.41) is 18.1. The van der Waals surface area contributed by atoms with E-state index in [2.05, 4.69) is 6.58 Å². The van der Waals surface area contributed by atoms with Crippen LogP contribution >= 0.6 is 0 Å². The van der Waals surface area contributed by atoms with Crippen LogP contribution in [0.4, 0.5) is 0 Å². The molecule has 0 aromatic carbocycles. The van der Waals surface area contributed by atoms with E-state index in [0.717, 1.165) is 0 Å². The van der Waals surface area contributed by atoms with Crippen molar-refractivity contribution in [3.8, 4) is 0 Å². The van der Waals surface area contributed by atoms with Gasteiger partial charge in [0.1, 0.15) is 5.60 Å². The molecule has 3 nitrogen and oxygen atoms in total. The summed E-state index contributed by atoms with van der Waals surface area (Å²) in [4.78, 5) is 11.0. The van der Waals surface area contributed by atoms with Gasteiger partial charge in [-0.25, -0.2) is 0 Å². The Kier molecular flexibility index (Phi) is 3.26. The Balaban J connectivity index is 4.21. The van der Waals surface area contributed by atoms with Gasteiger partial charge in [0.05, 0.1) is 5.76 Å². The molecule has 0 aliphatic carbocycles. The minimum absolute atomic E-state index is 0.0837. The van der Waals surface area contributed by atoms with Crippen LogP contribution in [0.5, 0.6) is 0 Å². The van der Waals surface area contributed by atoms with Gasteiger partial charge >= 0.3 is 0 Å². The average Bonchev–Trinajstić information content (AvgIpc) is 1.83. The van der Waals surface area contributed by atoms with Gasteiger partial charge in [-0.2, -0.15) is 0 Å². The molecule has 64 valence electrons. The van der Waals surface area contributed by atoms with Crippen molar-refractivity contribution in [2.45, 2.75) is 32.3 Å². The van der Waals surface area contributed by atoms with Crippen molar-refractivity contribution >= 4 is 5.78 Å². The van der Waals surface area contributed by atoms with E-state index in [1.54, 1.807) is 6.92 Å². The number of hydrogen-bond donors (Lipinski definition) is 2. The van der Waals surface area contributed by atoms with Gasteiger partial charge in [-0.15, -0.1) is 0 Å². The number of aliphatic hydroxyl groups is 2. The van der Waals surface area contributed by atoms with Crippen LogP contribution in [0.3, 0.4) is 0 Å². The molecule has 0 saturated heterocycles. The average molecular weight is 158 g/mol. The molecule has 0 aromatic rings. The molecule has 0 saturated carbocycles. The molecule has 0 aliphatic heterocycles. The van der Waals surface area contributed by atoms with E-state index >= 15 is 0 Å².